The molecule has 0 saturated carbocycles. The molecule has 4 aromatic rings. The number of rotatable bonds is 8. The van der Waals surface area contributed by atoms with Crippen LogP contribution in [0.1, 0.15) is 36.8 Å². The molecule has 2 amide bonds. The number of aromatic nitrogens is 2. The average Bonchev–Trinajstić information content (AvgIpc) is 3.50. The summed E-state index contributed by atoms with van der Waals surface area (Å²) in [5.41, 5.74) is 4.06. The first-order chi connectivity index (χ1) is 17.1. The number of nitrogens with zero attached hydrogens (tertiary/aromatic N) is 4. The van der Waals surface area contributed by atoms with Crippen molar-refractivity contribution >= 4 is 44.8 Å². The summed E-state index contributed by atoms with van der Waals surface area (Å²) in [6.07, 6.45) is 6.12. The summed E-state index contributed by atoms with van der Waals surface area (Å²) in [5.74, 6) is -0.822. The summed E-state index contributed by atoms with van der Waals surface area (Å²) in [5, 5.41) is 22.2. The predicted molar refractivity (Wildman–Crippen MR) is 134 cm³/mol. The van der Waals surface area contributed by atoms with Crippen molar-refractivity contribution in [2.45, 2.75) is 38.8 Å². The van der Waals surface area contributed by atoms with E-state index in [0.29, 0.717) is 61.0 Å². The number of unbranched alkanes of at least 4 members (excludes halogenated alkanes) is 2. The molecule has 0 unspecified atom stereocenters. The van der Waals surface area contributed by atoms with Gasteiger partial charge >= 0.3 is 0 Å². The normalized spacial score (nSPS) is 13.4. The van der Waals surface area contributed by atoms with Crippen molar-refractivity contribution in [3.8, 4) is 12.1 Å². The van der Waals surface area contributed by atoms with Gasteiger partial charge in [0.2, 0.25) is 0 Å². The Labute approximate surface area is 202 Å². The van der Waals surface area contributed by atoms with Crippen LogP contribution in [0.25, 0.3) is 33.0 Å². The van der Waals surface area contributed by atoms with Crippen LogP contribution in [-0.2, 0) is 22.7 Å². The van der Waals surface area contributed by atoms with Gasteiger partial charge in [-0.1, -0.05) is 36.4 Å². The Morgan fingerprint density at radius 2 is 1.11 bits per heavy atom. The molecule has 7 heteroatoms. The maximum Gasteiger partial charge on any atom is 0.259 e. The first-order valence-electron chi connectivity index (χ1n) is 11.6. The van der Waals surface area contributed by atoms with E-state index in [4.69, 9.17) is 10.5 Å². The van der Waals surface area contributed by atoms with Crippen LogP contribution in [0.2, 0.25) is 0 Å². The Morgan fingerprint density at radius 1 is 0.686 bits per heavy atom. The Hall–Kier alpha value is -4.62. The maximum absolute atomic E-state index is 13.2. The van der Waals surface area contributed by atoms with Gasteiger partial charge in [-0.2, -0.15) is 10.5 Å². The van der Waals surface area contributed by atoms with Crippen molar-refractivity contribution in [3.05, 3.63) is 72.1 Å². The van der Waals surface area contributed by atoms with E-state index in [9.17, 15) is 9.59 Å². The molecule has 172 valence electrons. The average molecular weight is 462 g/mol. The summed E-state index contributed by atoms with van der Waals surface area (Å²) >= 11 is 0. The fourth-order valence-corrected chi connectivity index (χ4v) is 4.89. The van der Waals surface area contributed by atoms with Crippen molar-refractivity contribution in [2.75, 3.05) is 0 Å². The third kappa shape index (κ3) is 3.88. The van der Waals surface area contributed by atoms with Gasteiger partial charge in [0, 0.05) is 71.3 Å². The van der Waals surface area contributed by atoms with Crippen molar-refractivity contribution in [1.29, 1.82) is 10.5 Å². The van der Waals surface area contributed by atoms with Crippen LogP contribution in [0, 0.1) is 22.7 Å². The second-order valence-electron chi connectivity index (χ2n) is 8.56. The van der Waals surface area contributed by atoms with Gasteiger partial charge in [-0.3, -0.25) is 14.9 Å². The molecule has 0 atom stereocenters. The topological polar surface area (TPSA) is 104 Å². The van der Waals surface area contributed by atoms with E-state index in [1.54, 1.807) is 0 Å². The van der Waals surface area contributed by atoms with Crippen LogP contribution in [0.15, 0.2) is 60.9 Å². The van der Waals surface area contributed by atoms with Crippen LogP contribution in [0.3, 0.4) is 0 Å². The fraction of sp³-hybridized carbons (Fsp3) is 0.214. The molecule has 0 spiro atoms. The molecule has 0 aliphatic carbocycles. The lowest BCUT2D eigenvalue weighted by Gasteiger charge is -2.03. The van der Waals surface area contributed by atoms with E-state index in [0.717, 1.165) is 21.8 Å². The quantitative estimate of drug-likeness (QED) is 0.301. The number of amides is 2. The summed E-state index contributed by atoms with van der Waals surface area (Å²) in [6, 6.07) is 20.0. The highest BCUT2D eigenvalue weighted by Gasteiger charge is 2.35. The van der Waals surface area contributed by atoms with Gasteiger partial charge in [0.05, 0.1) is 23.3 Å². The first-order valence-corrected chi connectivity index (χ1v) is 11.6. The number of nitriles is 2. The third-order valence-electron chi connectivity index (χ3n) is 6.42. The van der Waals surface area contributed by atoms with Crippen LogP contribution >= 0.6 is 0 Å². The zero-order chi connectivity index (χ0) is 24.4. The van der Waals surface area contributed by atoms with Crippen molar-refractivity contribution in [2.24, 2.45) is 0 Å². The largest absolute Gasteiger partial charge is 0.347 e. The highest BCUT2D eigenvalue weighted by Crippen LogP contribution is 2.39. The lowest BCUT2D eigenvalue weighted by Crippen LogP contribution is -2.22. The molecular formula is C28H23N5O2. The number of fused-ring (bicyclic) bond motifs is 2. The molecular weight excluding hydrogens is 438 g/mol. The molecule has 0 saturated heterocycles. The van der Waals surface area contributed by atoms with E-state index in [1.807, 2.05) is 70.1 Å². The van der Waals surface area contributed by atoms with Crippen LogP contribution in [0.4, 0.5) is 0 Å². The molecule has 0 bridgehead atoms. The molecule has 35 heavy (non-hydrogen) atoms. The second kappa shape index (κ2) is 9.32. The van der Waals surface area contributed by atoms with E-state index < -0.39 is 11.8 Å². The van der Waals surface area contributed by atoms with Gasteiger partial charge in [0.25, 0.3) is 11.8 Å². The van der Waals surface area contributed by atoms with Crippen molar-refractivity contribution in [1.82, 2.24) is 14.5 Å². The molecule has 1 aliphatic rings. The minimum Gasteiger partial charge on any atom is -0.347 e. The second-order valence-corrected chi connectivity index (χ2v) is 8.56. The van der Waals surface area contributed by atoms with Gasteiger partial charge < -0.3 is 9.13 Å². The Bertz CT molecular complexity index is 1470. The Morgan fingerprint density at radius 3 is 1.54 bits per heavy atom. The smallest absolute Gasteiger partial charge is 0.259 e. The molecule has 0 radical (unpaired) electrons. The molecule has 2 aromatic heterocycles. The number of hydrogen-bond donors (Lipinski definition) is 1. The molecule has 7 nitrogen and oxygen atoms in total. The highest BCUT2D eigenvalue weighted by molar-refractivity contribution is 6.50. The van der Waals surface area contributed by atoms with Crippen LogP contribution in [0.5, 0.6) is 0 Å². The molecule has 2 aromatic carbocycles. The van der Waals surface area contributed by atoms with Crippen LogP contribution in [-0.4, -0.2) is 20.9 Å². The monoisotopic (exact) mass is 461 g/mol. The molecule has 1 aliphatic heterocycles. The zero-order valence-electron chi connectivity index (χ0n) is 19.1. The van der Waals surface area contributed by atoms with Crippen LogP contribution < -0.4 is 5.32 Å². The summed E-state index contributed by atoms with van der Waals surface area (Å²) in [7, 11) is 0. The van der Waals surface area contributed by atoms with E-state index in [2.05, 4.69) is 17.5 Å². The number of imide groups is 1. The standard InChI is InChI=1S/C28H23N5O2/c29-13-5-7-15-32-17-21(19-9-1-3-11-23(19)32)25-26(28(35)31-27(25)34)22-18-33(16-8-6-14-30)24-12-4-2-10-20(22)24/h1-4,9-12,17-18H,5-8,15-16H2,(H,31,34,35). The lowest BCUT2D eigenvalue weighted by atomic mass is 9.95. The SMILES string of the molecule is N#CCCCn1cc(C2=C(c3cn(CCCC#N)c4ccccc34)C(=O)NC2=O)c2ccccc21. The third-order valence-corrected chi connectivity index (χ3v) is 6.42. The van der Waals surface area contributed by atoms with Crippen molar-refractivity contribution < 1.29 is 9.59 Å². The van der Waals surface area contributed by atoms with Gasteiger partial charge in [0.15, 0.2) is 0 Å². The summed E-state index contributed by atoms with van der Waals surface area (Å²) in [6.45, 7) is 1.29. The Balaban J connectivity index is 1.71. The molecule has 3 heterocycles. The lowest BCUT2D eigenvalue weighted by molar-refractivity contribution is -0.122. The molecule has 5 rings (SSSR count). The number of carbonyl (C=O) groups excluding carboxylic acids is 2. The van der Waals surface area contributed by atoms with Crippen molar-refractivity contribution in [3.63, 3.8) is 0 Å². The van der Waals surface area contributed by atoms with E-state index >= 15 is 0 Å². The number of nitrogens with one attached hydrogen (secondary N) is 1. The number of aryl methyl sites for hydroxylation is 2. The van der Waals surface area contributed by atoms with Gasteiger partial charge in [-0.15, -0.1) is 0 Å². The number of benzene rings is 2. The minimum atomic E-state index is -0.411. The summed E-state index contributed by atoms with van der Waals surface area (Å²) < 4.78 is 4.10. The van der Waals surface area contributed by atoms with E-state index in [1.165, 1.54) is 0 Å². The Kier molecular flexibility index (Phi) is 5.91. The maximum atomic E-state index is 13.2. The minimum absolute atomic E-state index is 0.366. The highest BCUT2D eigenvalue weighted by atomic mass is 16.2. The number of hydrogen-bond acceptors (Lipinski definition) is 4. The number of para-hydroxylation sites is 2. The summed E-state index contributed by atoms with van der Waals surface area (Å²) in [4.78, 5) is 26.3. The van der Waals surface area contributed by atoms with Gasteiger partial charge in [-0.05, 0) is 25.0 Å². The van der Waals surface area contributed by atoms with Gasteiger partial charge in [0.1, 0.15) is 0 Å². The molecule has 1 N–H and O–H groups in total. The number of carbonyl (C=O) groups is 2. The zero-order valence-corrected chi connectivity index (χ0v) is 19.1. The van der Waals surface area contributed by atoms with E-state index in [-0.39, 0.29) is 0 Å². The predicted octanol–water partition coefficient (Wildman–Crippen LogP) is 4.77. The first kappa shape index (κ1) is 22.2. The fourth-order valence-electron chi connectivity index (χ4n) is 4.89. The molecule has 0 fully saturated rings. The van der Waals surface area contributed by atoms with Gasteiger partial charge in [-0.25, -0.2) is 0 Å².